The second-order valence-electron chi connectivity index (χ2n) is 4.02. The van der Waals surface area contributed by atoms with Gasteiger partial charge < -0.3 is 9.32 Å². The molecule has 2 heterocycles. The average Bonchev–Trinajstić information content (AvgIpc) is 2.75. The summed E-state index contributed by atoms with van der Waals surface area (Å²) in [6.45, 7) is 1.60. The van der Waals surface area contributed by atoms with Crippen molar-refractivity contribution in [1.29, 1.82) is 0 Å². The number of piperidine rings is 1. The first-order valence-corrected chi connectivity index (χ1v) is 6.81. The Morgan fingerprint density at radius 3 is 3.06 bits per heavy atom. The molecular formula is C11H13BrClNO2. The highest BCUT2D eigenvalue weighted by Crippen LogP contribution is 2.21. The van der Waals surface area contributed by atoms with Crippen molar-refractivity contribution in [2.75, 3.05) is 18.4 Å². The Kier molecular flexibility index (Phi) is 3.92. The van der Waals surface area contributed by atoms with Gasteiger partial charge in [-0.05, 0) is 42.5 Å². The van der Waals surface area contributed by atoms with Gasteiger partial charge in [-0.25, -0.2) is 0 Å². The van der Waals surface area contributed by atoms with E-state index in [1.54, 1.807) is 12.1 Å². The highest BCUT2D eigenvalue weighted by Gasteiger charge is 2.25. The van der Waals surface area contributed by atoms with Crippen molar-refractivity contribution in [3.63, 3.8) is 0 Å². The van der Waals surface area contributed by atoms with E-state index >= 15 is 0 Å². The largest absolute Gasteiger partial charge is 0.440 e. The van der Waals surface area contributed by atoms with Crippen LogP contribution in [0.5, 0.6) is 0 Å². The van der Waals surface area contributed by atoms with Crippen LogP contribution in [0.1, 0.15) is 23.4 Å². The summed E-state index contributed by atoms with van der Waals surface area (Å²) in [7, 11) is 0. The SMILES string of the molecule is O=C(c1ccc(Cl)o1)N1CCCC(CBr)C1. The minimum absolute atomic E-state index is 0.0578. The van der Waals surface area contributed by atoms with Gasteiger partial charge in [0.2, 0.25) is 0 Å². The second kappa shape index (κ2) is 5.23. The number of alkyl halides is 1. The molecule has 16 heavy (non-hydrogen) atoms. The Balaban J connectivity index is 2.04. The first-order valence-electron chi connectivity index (χ1n) is 5.31. The van der Waals surface area contributed by atoms with Gasteiger partial charge in [-0.2, -0.15) is 0 Å². The normalized spacial score (nSPS) is 21.1. The Labute approximate surface area is 108 Å². The van der Waals surface area contributed by atoms with E-state index in [9.17, 15) is 4.79 Å². The number of rotatable bonds is 2. The van der Waals surface area contributed by atoms with Crippen LogP contribution in [-0.4, -0.2) is 29.2 Å². The molecule has 0 saturated carbocycles. The molecule has 0 aliphatic carbocycles. The standard InChI is InChI=1S/C11H13BrClNO2/c12-6-8-2-1-5-14(7-8)11(15)9-3-4-10(13)16-9/h3-4,8H,1-2,5-7H2. The van der Waals surface area contributed by atoms with Gasteiger partial charge in [0, 0.05) is 18.4 Å². The highest BCUT2D eigenvalue weighted by molar-refractivity contribution is 9.09. The van der Waals surface area contributed by atoms with Crippen LogP contribution in [0.2, 0.25) is 5.22 Å². The fourth-order valence-electron chi connectivity index (χ4n) is 1.96. The Morgan fingerprint density at radius 1 is 1.62 bits per heavy atom. The van der Waals surface area contributed by atoms with Crippen LogP contribution in [0.3, 0.4) is 0 Å². The van der Waals surface area contributed by atoms with Crippen LogP contribution in [-0.2, 0) is 0 Å². The molecule has 1 atom stereocenters. The molecule has 0 radical (unpaired) electrons. The molecule has 0 spiro atoms. The Hall–Kier alpha value is -0.480. The molecule has 1 unspecified atom stereocenters. The van der Waals surface area contributed by atoms with E-state index in [0.29, 0.717) is 11.7 Å². The zero-order chi connectivity index (χ0) is 11.5. The highest BCUT2D eigenvalue weighted by atomic mass is 79.9. The number of amides is 1. The number of furan rings is 1. The molecule has 1 aliphatic rings. The van der Waals surface area contributed by atoms with Gasteiger partial charge in [-0.15, -0.1) is 0 Å². The number of nitrogens with zero attached hydrogens (tertiary/aromatic N) is 1. The van der Waals surface area contributed by atoms with Gasteiger partial charge in [0.05, 0.1) is 0 Å². The summed E-state index contributed by atoms with van der Waals surface area (Å²) < 4.78 is 5.13. The molecule has 0 N–H and O–H groups in total. The van der Waals surface area contributed by atoms with Crippen molar-refractivity contribution in [2.24, 2.45) is 5.92 Å². The zero-order valence-corrected chi connectivity index (χ0v) is 11.1. The van der Waals surface area contributed by atoms with Crippen molar-refractivity contribution in [1.82, 2.24) is 4.90 Å². The molecule has 1 amide bonds. The monoisotopic (exact) mass is 305 g/mol. The summed E-state index contributed by atoms with van der Waals surface area (Å²) in [5.74, 6) is 0.820. The second-order valence-corrected chi connectivity index (χ2v) is 5.04. The third-order valence-corrected chi connectivity index (χ3v) is 3.93. The van der Waals surface area contributed by atoms with Crippen molar-refractivity contribution < 1.29 is 9.21 Å². The Morgan fingerprint density at radius 2 is 2.44 bits per heavy atom. The van der Waals surface area contributed by atoms with Gasteiger partial charge in [-0.1, -0.05) is 15.9 Å². The maximum absolute atomic E-state index is 12.0. The number of halogens is 2. The molecule has 5 heteroatoms. The van der Waals surface area contributed by atoms with E-state index in [1.165, 1.54) is 6.42 Å². The number of likely N-dealkylation sites (tertiary alicyclic amines) is 1. The van der Waals surface area contributed by atoms with E-state index in [1.807, 2.05) is 4.90 Å². The number of hydrogen-bond donors (Lipinski definition) is 0. The molecule has 2 rings (SSSR count). The van der Waals surface area contributed by atoms with Gasteiger partial charge >= 0.3 is 0 Å². The third kappa shape index (κ3) is 2.61. The molecule has 1 saturated heterocycles. The van der Waals surface area contributed by atoms with Gasteiger partial charge in [0.25, 0.3) is 5.91 Å². The van der Waals surface area contributed by atoms with Crippen molar-refractivity contribution in [2.45, 2.75) is 12.8 Å². The summed E-state index contributed by atoms with van der Waals surface area (Å²) in [6, 6.07) is 3.23. The maximum Gasteiger partial charge on any atom is 0.289 e. The molecule has 88 valence electrons. The van der Waals surface area contributed by atoms with Crippen molar-refractivity contribution in [3.05, 3.63) is 23.1 Å². The lowest BCUT2D eigenvalue weighted by Crippen LogP contribution is -2.40. The molecular weight excluding hydrogens is 293 g/mol. The van der Waals surface area contributed by atoms with Crippen LogP contribution in [0.4, 0.5) is 0 Å². The summed E-state index contributed by atoms with van der Waals surface area (Å²) in [5.41, 5.74) is 0. The number of carbonyl (C=O) groups excluding carboxylic acids is 1. The molecule has 3 nitrogen and oxygen atoms in total. The van der Waals surface area contributed by atoms with E-state index in [2.05, 4.69) is 15.9 Å². The maximum atomic E-state index is 12.0. The van der Waals surface area contributed by atoms with Crippen LogP contribution in [0.15, 0.2) is 16.5 Å². The summed E-state index contributed by atoms with van der Waals surface area (Å²) in [4.78, 5) is 13.9. The number of hydrogen-bond acceptors (Lipinski definition) is 2. The average molecular weight is 307 g/mol. The lowest BCUT2D eigenvalue weighted by atomic mass is 10.00. The van der Waals surface area contributed by atoms with E-state index < -0.39 is 0 Å². The summed E-state index contributed by atoms with van der Waals surface area (Å²) >= 11 is 9.12. The third-order valence-electron chi connectivity index (χ3n) is 2.81. The quantitative estimate of drug-likeness (QED) is 0.786. The molecule has 1 aromatic rings. The van der Waals surface area contributed by atoms with E-state index in [-0.39, 0.29) is 11.1 Å². The lowest BCUT2D eigenvalue weighted by Gasteiger charge is -2.31. The predicted molar refractivity (Wildman–Crippen MR) is 66.1 cm³/mol. The minimum atomic E-state index is -0.0578. The van der Waals surface area contributed by atoms with E-state index in [4.69, 9.17) is 16.0 Å². The number of carbonyl (C=O) groups is 1. The van der Waals surface area contributed by atoms with Crippen molar-refractivity contribution >= 4 is 33.4 Å². The Bertz CT molecular complexity index is 380. The molecule has 0 aromatic carbocycles. The van der Waals surface area contributed by atoms with Crippen molar-refractivity contribution in [3.8, 4) is 0 Å². The summed E-state index contributed by atoms with van der Waals surface area (Å²) in [5, 5.41) is 1.20. The fraction of sp³-hybridized carbons (Fsp3) is 0.545. The first kappa shape index (κ1) is 12.0. The van der Waals surface area contributed by atoms with Crippen LogP contribution in [0, 0.1) is 5.92 Å². The van der Waals surface area contributed by atoms with Crippen LogP contribution >= 0.6 is 27.5 Å². The predicted octanol–water partition coefficient (Wildman–Crippen LogP) is 3.18. The van der Waals surface area contributed by atoms with Gasteiger partial charge in [-0.3, -0.25) is 4.79 Å². The van der Waals surface area contributed by atoms with Gasteiger partial charge in [0.1, 0.15) is 0 Å². The molecule has 0 bridgehead atoms. The fourth-order valence-corrected chi connectivity index (χ4v) is 2.64. The zero-order valence-electron chi connectivity index (χ0n) is 8.79. The van der Waals surface area contributed by atoms with Crippen LogP contribution in [0.25, 0.3) is 0 Å². The summed E-state index contributed by atoms with van der Waals surface area (Å²) in [6.07, 6.45) is 2.23. The molecule has 1 aromatic heterocycles. The lowest BCUT2D eigenvalue weighted by molar-refractivity contribution is 0.0654. The minimum Gasteiger partial charge on any atom is -0.440 e. The smallest absolute Gasteiger partial charge is 0.289 e. The van der Waals surface area contributed by atoms with E-state index in [0.717, 1.165) is 24.8 Å². The van der Waals surface area contributed by atoms with Gasteiger partial charge in [0.15, 0.2) is 11.0 Å². The van der Waals surface area contributed by atoms with Crippen LogP contribution < -0.4 is 0 Å². The topological polar surface area (TPSA) is 33.5 Å². The molecule has 1 aliphatic heterocycles. The molecule has 1 fully saturated rings. The first-order chi connectivity index (χ1) is 7.70.